The van der Waals surface area contributed by atoms with Gasteiger partial charge in [0.15, 0.2) is 0 Å². The summed E-state index contributed by atoms with van der Waals surface area (Å²) in [6.45, 7) is 0.682. The van der Waals surface area contributed by atoms with Gasteiger partial charge in [0.1, 0.15) is 5.78 Å². The molecular formula is C18H25NO. The Labute approximate surface area is 121 Å². The smallest absolute Gasteiger partial charge is 0.137 e. The summed E-state index contributed by atoms with van der Waals surface area (Å²) in [6.07, 6.45) is 7.87. The van der Waals surface area contributed by atoms with Crippen LogP contribution in [0.15, 0.2) is 30.3 Å². The predicted molar refractivity (Wildman–Crippen MR) is 81.5 cm³/mol. The molecule has 3 rings (SSSR count). The van der Waals surface area contributed by atoms with Gasteiger partial charge in [0.05, 0.1) is 0 Å². The number of carbonyl (C=O) groups is 1. The lowest BCUT2D eigenvalue weighted by Crippen LogP contribution is -2.35. The molecule has 2 nitrogen and oxygen atoms in total. The fraction of sp³-hybridized carbons (Fsp3) is 0.611. The van der Waals surface area contributed by atoms with E-state index in [0.29, 0.717) is 18.2 Å². The first-order chi connectivity index (χ1) is 9.74. The van der Waals surface area contributed by atoms with Crippen LogP contribution in [-0.2, 0) is 4.79 Å². The average molecular weight is 271 g/mol. The largest absolute Gasteiger partial charge is 0.330 e. The highest BCUT2D eigenvalue weighted by Crippen LogP contribution is 2.50. The molecule has 0 radical (unpaired) electrons. The topological polar surface area (TPSA) is 43.1 Å². The van der Waals surface area contributed by atoms with Crippen molar-refractivity contribution in [2.45, 2.75) is 50.9 Å². The van der Waals surface area contributed by atoms with Gasteiger partial charge >= 0.3 is 0 Å². The van der Waals surface area contributed by atoms with Crippen LogP contribution in [0.3, 0.4) is 0 Å². The molecule has 2 N–H and O–H groups in total. The molecule has 0 bridgehead atoms. The van der Waals surface area contributed by atoms with E-state index in [9.17, 15) is 4.79 Å². The van der Waals surface area contributed by atoms with E-state index in [1.165, 1.54) is 24.8 Å². The minimum absolute atomic E-state index is 0.124. The summed E-state index contributed by atoms with van der Waals surface area (Å²) in [5.41, 5.74) is 7.45. The molecule has 1 aromatic rings. The van der Waals surface area contributed by atoms with Gasteiger partial charge in [-0.25, -0.2) is 0 Å². The lowest BCUT2D eigenvalue weighted by molar-refractivity contribution is -0.123. The number of ketones is 1. The van der Waals surface area contributed by atoms with Crippen LogP contribution in [0.4, 0.5) is 0 Å². The van der Waals surface area contributed by atoms with E-state index in [2.05, 4.69) is 24.3 Å². The molecule has 20 heavy (non-hydrogen) atoms. The third-order valence-electron chi connectivity index (χ3n) is 5.33. The number of benzene rings is 1. The molecule has 0 amide bonds. The summed E-state index contributed by atoms with van der Waals surface area (Å²) in [5.74, 6) is 1.20. The van der Waals surface area contributed by atoms with E-state index in [1.54, 1.807) is 0 Å². The van der Waals surface area contributed by atoms with Crippen molar-refractivity contribution < 1.29 is 4.79 Å². The molecule has 2 atom stereocenters. The van der Waals surface area contributed by atoms with Crippen molar-refractivity contribution >= 4 is 5.78 Å². The predicted octanol–water partition coefficient (Wildman–Crippen LogP) is 3.66. The molecule has 0 spiro atoms. The van der Waals surface area contributed by atoms with Gasteiger partial charge in [-0.2, -0.15) is 0 Å². The van der Waals surface area contributed by atoms with Crippen molar-refractivity contribution in [1.82, 2.24) is 0 Å². The van der Waals surface area contributed by atoms with Crippen LogP contribution in [0.1, 0.15) is 56.4 Å². The molecule has 0 saturated heterocycles. The number of carbonyl (C=O) groups excluding carboxylic acids is 1. The summed E-state index contributed by atoms with van der Waals surface area (Å²) >= 11 is 0. The standard InChI is InChI=1S/C18H25NO/c19-13-18(9-5-2-6-10-18)12-17(20)16-11-15(16)14-7-3-1-4-8-14/h1,3-4,7-8,15-16H,2,5-6,9-13,19H2. The minimum Gasteiger partial charge on any atom is -0.330 e. The normalized spacial score (nSPS) is 28.1. The first-order valence-corrected chi connectivity index (χ1v) is 8.02. The van der Waals surface area contributed by atoms with E-state index in [0.717, 1.165) is 25.7 Å². The number of Topliss-reactive ketones (excluding diaryl/α,β-unsaturated/α-hetero) is 1. The van der Waals surface area contributed by atoms with Crippen molar-refractivity contribution in [3.05, 3.63) is 35.9 Å². The Bertz CT molecular complexity index is 462. The van der Waals surface area contributed by atoms with E-state index in [4.69, 9.17) is 5.73 Å². The van der Waals surface area contributed by atoms with Crippen molar-refractivity contribution in [3.63, 3.8) is 0 Å². The molecule has 108 valence electrons. The second-order valence-corrected chi connectivity index (χ2v) is 6.77. The minimum atomic E-state index is 0.124. The molecular weight excluding hydrogens is 246 g/mol. The Morgan fingerprint density at radius 1 is 1.15 bits per heavy atom. The molecule has 2 fully saturated rings. The molecule has 0 aromatic heterocycles. The van der Waals surface area contributed by atoms with Crippen LogP contribution >= 0.6 is 0 Å². The van der Waals surface area contributed by atoms with Crippen LogP contribution in [0.5, 0.6) is 0 Å². The molecule has 2 aliphatic rings. The summed E-state index contributed by atoms with van der Waals surface area (Å²) < 4.78 is 0. The van der Waals surface area contributed by atoms with Crippen LogP contribution < -0.4 is 5.73 Å². The third-order valence-corrected chi connectivity index (χ3v) is 5.33. The molecule has 0 heterocycles. The highest BCUT2D eigenvalue weighted by Gasteiger charge is 2.46. The first kappa shape index (κ1) is 13.8. The second kappa shape index (κ2) is 5.69. The van der Waals surface area contributed by atoms with Crippen molar-refractivity contribution in [3.8, 4) is 0 Å². The summed E-state index contributed by atoms with van der Waals surface area (Å²) in [5, 5.41) is 0. The molecule has 2 unspecified atom stereocenters. The van der Waals surface area contributed by atoms with Crippen LogP contribution in [0, 0.1) is 11.3 Å². The maximum absolute atomic E-state index is 12.6. The molecule has 0 aliphatic heterocycles. The summed E-state index contributed by atoms with van der Waals surface area (Å²) in [6, 6.07) is 10.5. The Balaban J connectivity index is 1.60. The van der Waals surface area contributed by atoms with Crippen molar-refractivity contribution in [2.75, 3.05) is 6.54 Å². The first-order valence-electron chi connectivity index (χ1n) is 8.02. The van der Waals surface area contributed by atoms with Crippen LogP contribution in [0.2, 0.25) is 0 Å². The average Bonchev–Trinajstić information content (AvgIpc) is 3.30. The third kappa shape index (κ3) is 2.80. The lowest BCUT2D eigenvalue weighted by atomic mass is 9.70. The van der Waals surface area contributed by atoms with E-state index in [1.807, 2.05) is 6.07 Å². The van der Waals surface area contributed by atoms with Crippen molar-refractivity contribution in [2.24, 2.45) is 17.1 Å². The maximum atomic E-state index is 12.6. The van der Waals surface area contributed by atoms with Gasteiger partial charge in [-0.15, -0.1) is 0 Å². The summed E-state index contributed by atoms with van der Waals surface area (Å²) in [7, 11) is 0. The van der Waals surface area contributed by atoms with Crippen LogP contribution in [0.25, 0.3) is 0 Å². The van der Waals surface area contributed by atoms with Gasteiger partial charge in [-0.05, 0) is 42.7 Å². The SMILES string of the molecule is NCC1(CC(=O)C2CC2c2ccccc2)CCCCC1. The molecule has 2 heteroatoms. The number of rotatable bonds is 5. The lowest BCUT2D eigenvalue weighted by Gasteiger charge is -2.35. The monoisotopic (exact) mass is 271 g/mol. The molecule has 2 aliphatic carbocycles. The molecule has 2 saturated carbocycles. The zero-order chi connectivity index (χ0) is 14.0. The summed E-state index contributed by atoms with van der Waals surface area (Å²) in [4.78, 5) is 12.6. The molecule has 1 aromatic carbocycles. The number of hydrogen-bond acceptors (Lipinski definition) is 2. The fourth-order valence-electron chi connectivity index (χ4n) is 3.88. The van der Waals surface area contributed by atoms with E-state index < -0.39 is 0 Å². The number of hydrogen-bond donors (Lipinski definition) is 1. The van der Waals surface area contributed by atoms with Crippen LogP contribution in [-0.4, -0.2) is 12.3 Å². The van der Waals surface area contributed by atoms with Gasteiger partial charge < -0.3 is 5.73 Å². The zero-order valence-corrected chi connectivity index (χ0v) is 12.2. The van der Waals surface area contributed by atoms with E-state index in [-0.39, 0.29) is 11.3 Å². The Kier molecular flexibility index (Phi) is 3.93. The highest BCUT2D eigenvalue weighted by molar-refractivity contribution is 5.85. The highest BCUT2D eigenvalue weighted by atomic mass is 16.1. The van der Waals surface area contributed by atoms with Crippen molar-refractivity contribution in [1.29, 1.82) is 0 Å². The second-order valence-electron chi connectivity index (χ2n) is 6.77. The Morgan fingerprint density at radius 3 is 2.50 bits per heavy atom. The van der Waals surface area contributed by atoms with Gasteiger partial charge in [-0.1, -0.05) is 49.6 Å². The van der Waals surface area contributed by atoms with E-state index >= 15 is 0 Å². The number of nitrogens with two attached hydrogens (primary N) is 1. The fourth-order valence-corrected chi connectivity index (χ4v) is 3.88. The Morgan fingerprint density at radius 2 is 1.85 bits per heavy atom. The van der Waals surface area contributed by atoms with Gasteiger partial charge in [0, 0.05) is 12.3 Å². The Hall–Kier alpha value is -1.15. The van der Waals surface area contributed by atoms with Gasteiger partial charge in [0.25, 0.3) is 0 Å². The maximum Gasteiger partial charge on any atom is 0.137 e. The quantitative estimate of drug-likeness (QED) is 0.888. The zero-order valence-electron chi connectivity index (χ0n) is 12.2. The van der Waals surface area contributed by atoms with Gasteiger partial charge in [-0.3, -0.25) is 4.79 Å². The van der Waals surface area contributed by atoms with Gasteiger partial charge in [0.2, 0.25) is 0 Å².